The molecule has 0 aliphatic rings. The zero-order chi connectivity index (χ0) is 7.98. The van der Waals surface area contributed by atoms with E-state index < -0.39 is 0 Å². The summed E-state index contributed by atoms with van der Waals surface area (Å²) in [5.41, 5.74) is 5.46. The molecule has 0 aliphatic carbocycles. The summed E-state index contributed by atoms with van der Waals surface area (Å²) in [4.78, 5) is 2.08. The van der Waals surface area contributed by atoms with Gasteiger partial charge in [0.2, 0.25) is 0 Å². The van der Waals surface area contributed by atoms with Crippen LogP contribution < -0.4 is 5.73 Å². The predicted molar refractivity (Wildman–Crippen MR) is 43.0 cm³/mol. The molecule has 1 atom stereocenters. The molecule has 0 aliphatic heterocycles. The summed E-state index contributed by atoms with van der Waals surface area (Å²) in [6.45, 7) is 4.24. The molecule has 0 aromatic heterocycles. The maximum atomic E-state index is 5.46. The van der Waals surface area contributed by atoms with E-state index in [9.17, 15) is 0 Å². The van der Waals surface area contributed by atoms with Gasteiger partial charge in [0.25, 0.3) is 0 Å². The number of hydrogen-bond acceptors (Lipinski definition) is 3. The first-order valence-corrected chi connectivity index (χ1v) is 3.67. The molecule has 0 saturated heterocycles. The minimum atomic E-state index is 0.194. The Kier molecular flexibility index (Phi) is 5.58. The molecule has 0 saturated carbocycles. The normalized spacial score (nSPS) is 14.1. The van der Waals surface area contributed by atoms with Crippen LogP contribution in [0.4, 0.5) is 0 Å². The zero-order valence-electron chi connectivity index (χ0n) is 7.13. The summed E-state index contributed by atoms with van der Waals surface area (Å²) < 4.78 is 5.34. The fourth-order valence-corrected chi connectivity index (χ4v) is 0.838. The summed E-state index contributed by atoms with van der Waals surface area (Å²) >= 11 is 0. The minimum Gasteiger partial charge on any atom is -0.376 e. The van der Waals surface area contributed by atoms with Gasteiger partial charge >= 0.3 is 0 Å². The van der Waals surface area contributed by atoms with Gasteiger partial charge in [-0.3, -0.25) is 0 Å². The highest BCUT2D eigenvalue weighted by molar-refractivity contribution is 4.60. The van der Waals surface area contributed by atoms with Gasteiger partial charge in [-0.15, -0.1) is 0 Å². The van der Waals surface area contributed by atoms with Gasteiger partial charge in [-0.25, -0.2) is 0 Å². The van der Waals surface area contributed by atoms with Crippen molar-refractivity contribution in [2.45, 2.75) is 13.0 Å². The van der Waals surface area contributed by atoms with Crippen molar-refractivity contribution in [3.05, 3.63) is 0 Å². The summed E-state index contributed by atoms with van der Waals surface area (Å²) in [6.07, 6.45) is 0.194. The van der Waals surface area contributed by atoms with E-state index in [0.717, 1.165) is 13.2 Å². The number of nitrogens with zero attached hydrogens (tertiary/aromatic N) is 1. The van der Waals surface area contributed by atoms with Crippen molar-refractivity contribution < 1.29 is 4.74 Å². The lowest BCUT2D eigenvalue weighted by Crippen LogP contribution is -2.34. The van der Waals surface area contributed by atoms with Gasteiger partial charge in [0.1, 0.15) is 0 Å². The molecule has 62 valence electrons. The Labute approximate surface area is 63.1 Å². The fourth-order valence-electron chi connectivity index (χ4n) is 0.838. The van der Waals surface area contributed by atoms with Gasteiger partial charge in [-0.2, -0.15) is 0 Å². The van der Waals surface area contributed by atoms with Gasteiger partial charge in [-0.05, 0) is 21.0 Å². The number of hydrogen-bond donors (Lipinski definition) is 1. The Hall–Kier alpha value is -0.120. The molecule has 0 amide bonds. The second kappa shape index (κ2) is 5.65. The number of likely N-dealkylation sites (N-methyl/N-ethyl adjacent to an activating group) is 1. The first-order chi connectivity index (χ1) is 4.70. The standard InChI is InChI=1S/C7H18N2O/c1-4-10-7(5-8)6-9(2)3/h7H,4-6,8H2,1-3H3/t7-/m0/s1. The largest absolute Gasteiger partial charge is 0.376 e. The summed E-state index contributed by atoms with van der Waals surface area (Å²) in [5.74, 6) is 0. The highest BCUT2D eigenvalue weighted by atomic mass is 16.5. The molecular formula is C7H18N2O. The Balaban J connectivity index is 3.39. The molecule has 3 nitrogen and oxygen atoms in total. The van der Waals surface area contributed by atoms with Crippen LogP contribution in [0.1, 0.15) is 6.92 Å². The molecule has 0 bridgehead atoms. The van der Waals surface area contributed by atoms with E-state index in [-0.39, 0.29) is 6.10 Å². The second-order valence-electron chi connectivity index (χ2n) is 2.58. The quantitative estimate of drug-likeness (QED) is 0.589. The molecule has 2 N–H and O–H groups in total. The van der Waals surface area contributed by atoms with Crippen molar-refractivity contribution in [3.8, 4) is 0 Å². The monoisotopic (exact) mass is 146 g/mol. The zero-order valence-corrected chi connectivity index (χ0v) is 7.13. The number of ether oxygens (including phenoxy) is 1. The number of nitrogens with two attached hydrogens (primary N) is 1. The van der Waals surface area contributed by atoms with E-state index in [4.69, 9.17) is 10.5 Å². The van der Waals surface area contributed by atoms with Gasteiger partial charge < -0.3 is 15.4 Å². The molecule has 3 heteroatoms. The smallest absolute Gasteiger partial charge is 0.0823 e. The van der Waals surface area contributed by atoms with Crippen LogP contribution in [-0.2, 0) is 4.74 Å². The van der Waals surface area contributed by atoms with Gasteiger partial charge in [0.05, 0.1) is 6.10 Å². The van der Waals surface area contributed by atoms with Gasteiger partial charge in [0, 0.05) is 19.7 Å². The highest BCUT2D eigenvalue weighted by Gasteiger charge is 2.05. The van der Waals surface area contributed by atoms with E-state index in [1.54, 1.807) is 0 Å². The van der Waals surface area contributed by atoms with Crippen molar-refractivity contribution in [2.75, 3.05) is 33.8 Å². The third-order valence-electron chi connectivity index (χ3n) is 1.23. The van der Waals surface area contributed by atoms with Crippen LogP contribution in [-0.4, -0.2) is 44.8 Å². The molecule has 0 radical (unpaired) electrons. The van der Waals surface area contributed by atoms with Crippen molar-refractivity contribution in [1.29, 1.82) is 0 Å². The van der Waals surface area contributed by atoms with Crippen LogP contribution in [0.5, 0.6) is 0 Å². The van der Waals surface area contributed by atoms with Crippen molar-refractivity contribution in [2.24, 2.45) is 5.73 Å². The first kappa shape index (κ1) is 9.88. The van der Waals surface area contributed by atoms with Crippen molar-refractivity contribution in [1.82, 2.24) is 4.90 Å². The lowest BCUT2D eigenvalue weighted by Gasteiger charge is -2.18. The van der Waals surface area contributed by atoms with E-state index in [2.05, 4.69) is 4.90 Å². The van der Waals surface area contributed by atoms with Gasteiger partial charge in [-0.1, -0.05) is 0 Å². The van der Waals surface area contributed by atoms with Crippen LogP contribution in [0.3, 0.4) is 0 Å². The minimum absolute atomic E-state index is 0.194. The van der Waals surface area contributed by atoms with Gasteiger partial charge in [0.15, 0.2) is 0 Å². The lowest BCUT2D eigenvalue weighted by atomic mass is 10.3. The maximum Gasteiger partial charge on any atom is 0.0823 e. The molecule has 0 spiro atoms. The topological polar surface area (TPSA) is 38.5 Å². The first-order valence-electron chi connectivity index (χ1n) is 3.67. The molecular weight excluding hydrogens is 128 g/mol. The summed E-state index contributed by atoms with van der Waals surface area (Å²) in [5, 5.41) is 0. The summed E-state index contributed by atoms with van der Waals surface area (Å²) in [6, 6.07) is 0. The average molecular weight is 146 g/mol. The molecule has 0 heterocycles. The Morgan fingerprint density at radius 3 is 2.40 bits per heavy atom. The molecule has 0 unspecified atom stereocenters. The van der Waals surface area contributed by atoms with Crippen molar-refractivity contribution >= 4 is 0 Å². The van der Waals surface area contributed by atoms with Crippen LogP contribution >= 0.6 is 0 Å². The molecule has 0 fully saturated rings. The SMILES string of the molecule is CCO[C@@H](CN)CN(C)C. The van der Waals surface area contributed by atoms with E-state index >= 15 is 0 Å². The van der Waals surface area contributed by atoms with Crippen LogP contribution in [0.2, 0.25) is 0 Å². The molecule has 0 rings (SSSR count). The van der Waals surface area contributed by atoms with Crippen LogP contribution in [0.15, 0.2) is 0 Å². The maximum absolute atomic E-state index is 5.46. The Bertz CT molecular complexity index is 76.0. The van der Waals surface area contributed by atoms with E-state index in [1.807, 2.05) is 21.0 Å². The Morgan fingerprint density at radius 1 is 1.50 bits per heavy atom. The third kappa shape index (κ3) is 4.73. The van der Waals surface area contributed by atoms with Crippen molar-refractivity contribution in [3.63, 3.8) is 0 Å². The second-order valence-corrected chi connectivity index (χ2v) is 2.58. The summed E-state index contributed by atoms with van der Waals surface area (Å²) in [7, 11) is 4.03. The molecule has 10 heavy (non-hydrogen) atoms. The lowest BCUT2D eigenvalue weighted by molar-refractivity contribution is 0.0503. The van der Waals surface area contributed by atoms with Crippen LogP contribution in [0.25, 0.3) is 0 Å². The Morgan fingerprint density at radius 2 is 2.10 bits per heavy atom. The molecule has 0 aromatic carbocycles. The van der Waals surface area contributed by atoms with Crippen LogP contribution in [0, 0.1) is 0 Å². The third-order valence-corrected chi connectivity index (χ3v) is 1.23. The fraction of sp³-hybridized carbons (Fsp3) is 1.00. The highest BCUT2D eigenvalue weighted by Crippen LogP contribution is 1.90. The number of rotatable bonds is 5. The average Bonchev–Trinajstić information content (AvgIpc) is 1.86. The molecule has 0 aromatic rings. The van der Waals surface area contributed by atoms with E-state index in [1.165, 1.54) is 0 Å². The van der Waals surface area contributed by atoms with E-state index in [0.29, 0.717) is 6.54 Å². The predicted octanol–water partition coefficient (Wildman–Crippen LogP) is -0.0882.